The van der Waals surface area contributed by atoms with Crippen LogP contribution < -0.4 is 0 Å². The van der Waals surface area contributed by atoms with Crippen LogP contribution in [0, 0.1) is 29.0 Å². The second kappa shape index (κ2) is 10.5. The van der Waals surface area contributed by atoms with Crippen molar-refractivity contribution in [1.29, 1.82) is 0 Å². The number of hydrogen-bond acceptors (Lipinski definition) is 4. The van der Waals surface area contributed by atoms with Gasteiger partial charge in [0.15, 0.2) is 0 Å². The number of carboxylic acids is 1. The number of nitrogens with zero attached hydrogens (tertiary/aromatic N) is 4. The fourth-order valence-electron chi connectivity index (χ4n) is 9.12. The van der Waals surface area contributed by atoms with Crippen LogP contribution in [0.4, 0.5) is 4.39 Å². The van der Waals surface area contributed by atoms with Gasteiger partial charge >= 0.3 is 5.97 Å². The summed E-state index contributed by atoms with van der Waals surface area (Å²) >= 11 is 0. The SMILES string of the molecule is CCc1nn2c(c1C1CCN(CC3CN(CC4(C(=O)O)CC5CC5C4)CC3c3cccc(F)c3)CC1)CCCC2. The monoisotopic (exact) mass is 548 g/mol. The second-order valence-electron chi connectivity index (χ2n) is 13.8. The molecule has 0 amide bonds. The van der Waals surface area contributed by atoms with Gasteiger partial charge in [0.2, 0.25) is 0 Å². The molecule has 1 aromatic carbocycles. The zero-order valence-corrected chi connectivity index (χ0v) is 24.0. The summed E-state index contributed by atoms with van der Waals surface area (Å²) in [5.74, 6) is 1.71. The van der Waals surface area contributed by atoms with Crippen molar-refractivity contribution in [3.05, 3.63) is 52.6 Å². The lowest BCUT2D eigenvalue weighted by atomic mass is 9.82. The molecule has 2 saturated carbocycles. The van der Waals surface area contributed by atoms with Crippen molar-refractivity contribution in [2.45, 2.75) is 83.1 Å². The lowest BCUT2D eigenvalue weighted by Crippen LogP contribution is -2.42. The molecule has 2 saturated heterocycles. The number of halogens is 1. The van der Waals surface area contributed by atoms with E-state index in [2.05, 4.69) is 27.5 Å². The number of carboxylic acid groups (broad SMARTS) is 1. The summed E-state index contributed by atoms with van der Waals surface area (Å²) in [7, 11) is 0. The van der Waals surface area contributed by atoms with E-state index in [9.17, 15) is 14.3 Å². The molecular formula is C33H45FN4O2. The van der Waals surface area contributed by atoms with Crippen molar-refractivity contribution >= 4 is 5.97 Å². The van der Waals surface area contributed by atoms with Crippen LogP contribution in [0.3, 0.4) is 0 Å². The molecule has 4 heterocycles. The topological polar surface area (TPSA) is 61.6 Å². The molecule has 4 atom stereocenters. The van der Waals surface area contributed by atoms with Crippen LogP contribution in [0.5, 0.6) is 0 Å². The summed E-state index contributed by atoms with van der Waals surface area (Å²) < 4.78 is 16.6. The first-order valence-corrected chi connectivity index (χ1v) is 15.9. The molecule has 40 heavy (non-hydrogen) atoms. The predicted molar refractivity (Wildman–Crippen MR) is 153 cm³/mol. The highest BCUT2D eigenvalue weighted by atomic mass is 19.1. The molecule has 7 rings (SSSR count). The summed E-state index contributed by atoms with van der Waals surface area (Å²) in [6, 6.07) is 7.14. The van der Waals surface area contributed by atoms with E-state index in [1.54, 1.807) is 11.6 Å². The van der Waals surface area contributed by atoms with Gasteiger partial charge in [-0.3, -0.25) is 9.48 Å². The minimum absolute atomic E-state index is 0.176. The van der Waals surface area contributed by atoms with Crippen LogP contribution in [0.15, 0.2) is 24.3 Å². The minimum Gasteiger partial charge on any atom is -0.481 e. The van der Waals surface area contributed by atoms with Gasteiger partial charge in [0.25, 0.3) is 0 Å². The van der Waals surface area contributed by atoms with Crippen LogP contribution in [0.2, 0.25) is 0 Å². The van der Waals surface area contributed by atoms with E-state index >= 15 is 0 Å². The lowest BCUT2D eigenvalue weighted by Gasteiger charge is -2.35. The van der Waals surface area contributed by atoms with Gasteiger partial charge in [0.05, 0.1) is 11.1 Å². The van der Waals surface area contributed by atoms with E-state index < -0.39 is 11.4 Å². The molecule has 1 N–H and O–H groups in total. The molecule has 0 radical (unpaired) electrons. The number of fused-ring (bicyclic) bond motifs is 2. The number of rotatable bonds is 8. The molecule has 0 bridgehead atoms. The number of piperidine rings is 1. The minimum atomic E-state index is -0.610. The average molecular weight is 549 g/mol. The molecule has 3 aliphatic heterocycles. The molecule has 0 spiro atoms. The second-order valence-corrected chi connectivity index (χ2v) is 13.8. The molecule has 1 aromatic heterocycles. The van der Waals surface area contributed by atoms with E-state index in [4.69, 9.17) is 5.10 Å². The van der Waals surface area contributed by atoms with Crippen molar-refractivity contribution in [2.24, 2.45) is 23.2 Å². The van der Waals surface area contributed by atoms with E-state index in [-0.39, 0.29) is 11.7 Å². The highest BCUT2D eigenvalue weighted by Crippen LogP contribution is 2.60. The molecule has 7 heteroatoms. The van der Waals surface area contributed by atoms with Gasteiger partial charge in [-0.2, -0.15) is 5.10 Å². The molecule has 216 valence electrons. The first-order chi connectivity index (χ1) is 19.4. The number of likely N-dealkylation sites (tertiary alicyclic amines) is 2. The third-order valence-corrected chi connectivity index (χ3v) is 11.2. The molecule has 4 unspecified atom stereocenters. The van der Waals surface area contributed by atoms with Gasteiger partial charge in [-0.25, -0.2) is 4.39 Å². The van der Waals surface area contributed by atoms with E-state index in [1.165, 1.54) is 56.0 Å². The fourth-order valence-corrected chi connectivity index (χ4v) is 9.12. The van der Waals surface area contributed by atoms with Crippen molar-refractivity contribution in [3.8, 4) is 0 Å². The Morgan fingerprint density at radius 1 is 1.10 bits per heavy atom. The Balaban J connectivity index is 1.05. The quantitative estimate of drug-likeness (QED) is 0.484. The van der Waals surface area contributed by atoms with Gasteiger partial charge in [0, 0.05) is 44.3 Å². The number of benzene rings is 1. The Labute approximate surface area is 237 Å². The van der Waals surface area contributed by atoms with Crippen molar-refractivity contribution in [2.75, 3.05) is 39.3 Å². The highest BCUT2D eigenvalue weighted by Gasteiger charge is 2.58. The number of aromatic nitrogens is 2. The molecule has 5 aliphatic rings. The molecule has 2 aromatic rings. The maximum Gasteiger partial charge on any atom is 0.310 e. The predicted octanol–water partition coefficient (Wildman–Crippen LogP) is 5.32. The number of carbonyl (C=O) groups is 1. The largest absolute Gasteiger partial charge is 0.481 e. The summed E-state index contributed by atoms with van der Waals surface area (Å²) in [6.45, 7) is 8.88. The van der Waals surface area contributed by atoms with Gasteiger partial charge in [0.1, 0.15) is 5.82 Å². The molecular weight excluding hydrogens is 503 g/mol. The summed E-state index contributed by atoms with van der Waals surface area (Å²) in [5, 5.41) is 15.2. The van der Waals surface area contributed by atoms with Crippen molar-refractivity contribution in [3.63, 3.8) is 0 Å². The zero-order chi connectivity index (χ0) is 27.4. The Morgan fingerprint density at radius 3 is 2.62 bits per heavy atom. The maximum atomic E-state index is 14.3. The van der Waals surface area contributed by atoms with E-state index in [1.807, 2.05) is 6.07 Å². The first-order valence-electron chi connectivity index (χ1n) is 15.9. The third kappa shape index (κ3) is 4.91. The van der Waals surface area contributed by atoms with E-state index in [0.29, 0.717) is 30.2 Å². The van der Waals surface area contributed by atoms with Gasteiger partial charge in [-0.1, -0.05) is 19.1 Å². The first kappa shape index (κ1) is 26.6. The van der Waals surface area contributed by atoms with Gasteiger partial charge < -0.3 is 14.9 Å². The van der Waals surface area contributed by atoms with Crippen molar-refractivity contribution in [1.82, 2.24) is 19.6 Å². The summed E-state index contributed by atoms with van der Waals surface area (Å²) in [5.41, 5.74) is 4.89. The average Bonchev–Trinajstić information content (AvgIpc) is 3.27. The standard InChI is InChI=1S/C33H45FN4O2/c1-2-29-31(30-8-3-4-11-38(30)35-29)22-9-12-36(13-10-22)18-26-19-37(20-28(26)23-6-5-7-27(34)15-23)21-33(32(39)40)16-24-14-25(24)17-33/h5-7,15,22,24-26,28H,2-4,8-14,16-21H2,1H3,(H,39,40). The van der Waals surface area contributed by atoms with Gasteiger partial charge in [-0.15, -0.1) is 0 Å². The third-order valence-electron chi connectivity index (χ3n) is 11.2. The lowest BCUT2D eigenvalue weighted by molar-refractivity contribution is -0.150. The number of aryl methyl sites for hydroxylation is 2. The number of aliphatic carboxylic acids is 1. The highest BCUT2D eigenvalue weighted by molar-refractivity contribution is 5.76. The molecule has 2 aliphatic carbocycles. The van der Waals surface area contributed by atoms with Crippen LogP contribution >= 0.6 is 0 Å². The van der Waals surface area contributed by atoms with E-state index in [0.717, 1.165) is 64.1 Å². The summed E-state index contributed by atoms with van der Waals surface area (Å²) in [4.78, 5) is 17.5. The van der Waals surface area contributed by atoms with Crippen molar-refractivity contribution < 1.29 is 14.3 Å². The van der Waals surface area contributed by atoms with Crippen LogP contribution in [0.25, 0.3) is 0 Å². The maximum absolute atomic E-state index is 14.3. The Bertz CT molecular complexity index is 1240. The molecule has 6 nitrogen and oxygen atoms in total. The van der Waals surface area contributed by atoms with Crippen LogP contribution in [-0.2, 0) is 24.2 Å². The Hall–Kier alpha value is -2.25. The fraction of sp³-hybridized carbons (Fsp3) is 0.697. The van der Waals surface area contributed by atoms with Crippen LogP contribution in [-0.4, -0.2) is 69.9 Å². The summed E-state index contributed by atoms with van der Waals surface area (Å²) in [6.07, 6.45) is 9.98. The Kier molecular flexibility index (Phi) is 7.02. The zero-order valence-electron chi connectivity index (χ0n) is 24.0. The smallest absolute Gasteiger partial charge is 0.310 e. The Morgan fingerprint density at radius 2 is 1.90 bits per heavy atom. The van der Waals surface area contributed by atoms with Crippen LogP contribution in [0.1, 0.15) is 86.2 Å². The normalized spacial score (nSPS) is 32.8. The molecule has 4 fully saturated rings. The van der Waals surface area contributed by atoms with Gasteiger partial charge in [-0.05, 0) is 118 Å². The number of hydrogen-bond donors (Lipinski definition) is 1.